The monoisotopic (exact) mass is 262 g/mol. The molecule has 4 nitrogen and oxygen atoms in total. The lowest BCUT2D eigenvalue weighted by atomic mass is 9.96. The summed E-state index contributed by atoms with van der Waals surface area (Å²) in [5, 5.41) is 0.600. The molecule has 0 amide bonds. The summed E-state index contributed by atoms with van der Waals surface area (Å²) in [4.78, 5) is 12.8. The number of benzene rings is 1. The molecule has 2 aromatic rings. The van der Waals surface area contributed by atoms with E-state index in [1.54, 1.807) is 6.07 Å². The van der Waals surface area contributed by atoms with Crippen LogP contribution in [-0.2, 0) is 5.41 Å². The van der Waals surface area contributed by atoms with Crippen LogP contribution in [0.4, 0.5) is 5.95 Å². The fraction of sp³-hybridized carbons (Fsp3) is 0.308. The van der Waals surface area contributed by atoms with E-state index in [9.17, 15) is 0 Å². The molecular formula is C13H15ClN4. The van der Waals surface area contributed by atoms with Crippen LogP contribution >= 0.6 is 11.6 Å². The van der Waals surface area contributed by atoms with Crippen molar-refractivity contribution in [3.63, 3.8) is 0 Å². The standard InChI is InChI=1S/C13H15ClN4/c1-13(2,3)11-16-10(17-12(15)18-11)8-6-4-5-7-9(8)14/h4-7H,1-3H3,(H2,15,16,17,18). The minimum atomic E-state index is -0.187. The van der Waals surface area contributed by atoms with E-state index in [4.69, 9.17) is 17.3 Å². The molecule has 0 unspecified atom stereocenters. The number of nitrogens with zero attached hydrogens (tertiary/aromatic N) is 3. The number of nitrogens with two attached hydrogens (primary N) is 1. The van der Waals surface area contributed by atoms with Gasteiger partial charge in [-0.2, -0.15) is 9.97 Å². The molecule has 0 atom stereocenters. The Labute approximate surface area is 111 Å². The van der Waals surface area contributed by atoms with Gasteiger partial charge in [0.05, 0.1) is 5.02 Å². The van der Waals surface area contributed by atoms with Crippen LogP contribution < -0.4 is 5.73 Å². The molecule has 1 aromatic carbocycles. The molecule has 18 heavy (non-hydrogen) atoms. The molecule has 0 aliphatic rings. The van der Waals surface area contributed by atoms with Crippen molar-refractivity contribution in [1.29, 1.82) is 0 Å². The molecule has 2 N–H and O–H groups in total. The van der Waals surface area contributed by atoms with Crippen molar-refractivity contribution in [3.05, 3.63) is 35.1 Å². The quantitative estimate of drug-likeness (QED) is 0.858. The molecule has 0 aliphatic heterocycles. The van der Waals surface area contributed by atoms with Crippen LogP contribution in [0.2, 0.25) is 5.02 Å². The molecule has 1 heterocycles. The molecule has 0 fully saturated rings. The van der Waals surface area contributed by atoms with Crippen LogP contribution in [0.3, 0.4) is 0 Å². The maximum atomic E-state index is 6.14. The first-order valence-corrected chi connectivity index (χ1v) is 6.02. The van der Waals surface area contributed by atoms with Gasteiger partial charge in [-0.1, -0.05) is 44.5 Å². The van der Waals surface area contributed by atoms with Gasteiger partial charge in [0.25, 0.3) is 0 Å². The smallest absolute Gasteiger partial charge is 0.223 e. The lowest BCUT2D eigenvalue weighted by Gasteiger charge is -2.17. The van der Waals surface area contributed by atoms with Gasteiger partial charge in [-0.15, -0.1) is 0 Å². The number of halogens is 1. The fourth-order valence-electron chi connectivity index (χ4n) is 1.49. The summed E-state index contributed by atoms with van der Waals surface area (Å²) in [7, 11) is 0. The summed E-state index contributed by atoms with van der Waals surface area (Å²) in [6.07, 6.45) is 0. The number of rotatable bonds is 1. The highest BCUT2D eigenvalue weighted by molar-refractivity contribution is 6.33. The molecular weight excluding hydrogens is 248 g/mol. The maximum Gasteiger partial charge on any atom is 0.223 e. The summed E-state index contributed by atoms with van der Waals surface area (Å²) in [6.45, 7) is 6.08. The third-order valence-electron chi connectivity index (χ3n) is 2.44. The molecule has 0 saturated heterocycles. The van der Waals surface area contributed by atoms with E-state index in [1.807, 2.05) is 39.0 Å². The third kappa shape index (κ3) is 2.59. The number of aromatic nitrogens is 3. The van der Waals surface area contributed by atoms with Crippen molar-refractivity contribution in [2.75, 3.05) is 5.73 Å². The van der Waals surface area contributed by atoms with Crippen molar-refractivity contribution in [3.8, 4) is 11.4 Å². The average molecular weight is 263 g/mol. The highest BCUT2D eigenvalue weighted by Gasteiger charge is 2.20. The number of anilines is 1. The van der Waals surface area contributed by atoms with Crippen LogP contribution in [0.15, 0.2) is 24.3 Å². The highest BCUT2D eigenvalue weighted by Crippen LogP contribution is 2.27. The van der Waals surface area contributed by atoms with Gasteiger partial charge in [0.2, 0.25) is 5.95 Å². The Kier molecular flexibility index (Phi) is 3.22. The highest BCUT2D eigenvalue weighted by atomic mass is 35.5. The zero-order valence-corrected chi connectivity index (χ0v) is 11.4. The van der Waals surface area contributed by atoms with Gasteiger partial charge in [0.15, 0.2) is 5.82 Å². The second kappa shape index (κ2) is 4.53. The summed E-state index contributed by atoms with van der Waals surface area (Å²) in [5.74, 6) is 1.38. The Balaban J connectivity index is 2.60. The minimum absolute atomic E-state index is 0.187. The van der Waals surface area contributed by atoms with E-state index in [2.05, 4.69) is 15.0 Å². The molecule has 2 rings (SSSR count). The summed E-state index contributed by atoms with van der Waals surface area (Å²) in [6, 6.07) is 7.41. The van der Waals surface area contributed by atoms with Gasteiger partial charge in [-0.05, 0) is 12.1 Å². The molecule has 5 heteroatoms. The van der Waals surface area contributed by atoms with Crippen molar-refractivity contribution in [2.24, 2.45) is 0 Å². The van der Waals surface area contributed by atoms with E-state index >= 15 is 0 Å². The Morgan fingerprint density at radius 1 is 1.06 bits per heavy atom. The van der Waals surface area contributed by atoms with Gasteiger partial charge in [0.1, 0.15) is 5.82 Å². The maximum absolute atomic E-state index is 6.14. The second-order valence-electron chi connectivity index (χ2n) is 5.07. The largest absolute Gasteiger partial charge is 0.368 e. The number of nitrogen functional groups attached to an aromatic ring is 1. The molecule has 0 bridgehead atoms. The normalized spacial score (nSPS) is 11.6. The third-order valence-corrected chi connectivity index (χ3v) is 2.77. The van der Waals surface area contributed by atoms with E-state index < -0.39 is 0 Å². The van der Waals surface area contributed by atoms with E-state index in [0.29, 0.717) is 16.7 Å². The SMILES string of the molecule is CC(C)(C)c1nc(N)nc(-c2ccccc2Cl)n1. The topological polar surface area (TPSA) is 64.7 Å². The first-order valence-electron chi connectivity index (χ1n) is 5.65. The van der Waals surface area contributed by atoms with Crippen LogP contribution in [0.5, 0.6) is 0 Å². The van der Waals surface area contributed by atoms with Crippen LogP contribution in [0.25, 0.3) is 11.4 Å². The first kappa shape index (κ1) is 12.8. The Bertz CT molecular complexity index is 575. The predicted molar refractivity (Wildman–Crippen MR) is 73.4 cm³/mol. The second-order valence-corrected chi connectivity index (χ2v) is 5.48. The Hall–Kier alpha value is -1.68. The van der Waals surface area contributed by atoms with Crippen molar-refractivity contribution in [2.45, 2.75) is 26.2 Å². The van der Waals surface area contributed by atoms with Gasteiger partial charge >= 0.3 is 0 Å². The number of hydrogen-bond donors (Lipinski definition) is 1. The lowest BCUT2D eigenvalue weighted by molar-refractivity contribution is 0.544. The van der Waals surface area contributed by atoms with E-state index in [-0.39, 0.29) is 11.4 Å². The summed E-state index contributed by atoms with van der Waals surface area (Å²) in [5.41, 5.74) is 6.31. The molecule has 0 saturated carbocycles. The molecule has 1 aromatic heterocycles. The van der Waals surface area contributed by atoms with E-state index in [1.165, 1.54) is 0 Å². The fourth-order valence-corrected chi connectivity index (χ4v) is 1.71. The van der Waals surface area contributed by atoms with Crippen molar-refractivity contribution in [1.82, 2.24) is 15.0 Å². The van der Waals surface area contributed by atoms with E-state index in [0.717, 1.165) is 5.56 Å². The zero-order valence-electron chi connectivity index (χ0n) is 10.6. The van der Waals surface area contributed by atoms with Crippen LogP contribution in [-0.4, -0.2) is 15.0 Å². The average Bonchev–Trinajstić information content (AvgIpc) is 2.27. The molecule has 0 spiro atoms. The van der Waals surface area contributed by atoms with Crippen LogP contribution in [0, 0.1) is 0 Å². The Morgan fingerprint density at radius 3 is 2.33 bits per heavy atom. The van der Waals surface area contributed by atoms with Gasteiger partial charge in [-0.25, -0.2) is 4.98 Å². The number of hydrogen-bond acceptors (Lipinski definition) is 4. The van der Waals surface area contributed by atoms with Gasteiger partial charge in [-0.3, -0.25) is 0 Å². The molecule has 0 radical (unpaired) electrons. The predicted octanol–water partition coefficient (Wildman–Crippen LogP) is 3.07. The molecule has 94 valence electrons. The summed E-state index contributed by atoms with van der Waals surface area (Å²) >= 11 is 6.14. The van der Waals surface area contributed by atoms with Crippen LogP contribution in [0.1, 0.15) is 26.6 Å². The molecule has 0 aliphatic carbocycles. The van der Waals surface area contributed by atoms with Crippen molar-refractivity contribution < 1.29 is 0 Å². The zero-order chi connectivity index (χ0) is 13.3. The minimum Gasteiger partial charge on any atom is -0.368 e. The van der Waals surface area contributed by atoms with Gasteiger partial charge in [0, 0.05) is 11.0 Å². The van der Waals surface area contributed by atoms with Gasteiger partial charge < -0.3 is 5.73 Å². The Morgan fingerprint density at radius 2 is 1.72 bits per heavy atom. The first-order chi connectivity index (χ1) is 8.38. The lowest BCUT2D eigenvalue weighted by Crippen LogP contribution is -2.18. The summed E-state index contributed by atoms with van der Waals surface area (Å²) < 4.78 is 0. The van der Waals surface area contributed by atoms with Crippen molar-refractivity contribution >= 4 is 17.5 Å².